The Balaban J connectivity index is 2.47. The zero-order valence-corrected chi connectivity index (χ0v) is 14.7. The van der Waals surface area contributed by atoms with Crippen molar-refractivity contribution in [3.63, 3.8) is 0 Å². The molecule has 2 heteroatoms. The van der Waals surface area contributed by atoms with E-state index in [0.717, 1.165) is 19.3 Å². The van der Waals surface area contributed by atoms with Gasteiger partial charge in [-0.2, -0.15) is 0 Å². The van der Waals surface area contributed by atoms with Gasteiger partial charge in [0.25, 0.3) is 0 Å². The second-order valence-electron chi connectivity index (χ2n) is 8.51. The third kappa shape index (κ3) is 2.15. The van der Waals surface area contributed by atoms with Gasteiger partial charge in [-0.3, -0.25) is 4.79 Å². The quantitative estimate of drug-likeness (QED) is 0.487. The molecule has 108 valence electrons. The molecule has 2 aliphatic rings. The van der Waals surface area contributed by atoms with Gasteiger partial charge in [-0.15, -0.1) is 12.0 Å². The Kier molecular flexibility index (Phi) is 3.27. The van der Waals surface area contributed by atoms with Crippen LogP contribution in [0.4, 0.5) is 0 Å². The van der Waals surface area contributed by atoms with Gasteiger partial charge in [-0.1, -0.05) is 45.3 Å². The first-order chi connectivity index (χ1) is 8.97. The molecule has 0 saturated heterocycles. The van der Waals surface area contributed by atoms with E-state index in [1.165, 1.54) is 0 Å². The van der Waals surface area contributed by atoms with Crippen LogP contribution in [0, 0.1) is 46.0 Å². The Morgan fingerprint density at radius 2 is 1.85 bits per heavy atom. The van der Waals surface area contributed by atoms with Crippen molar-refractivity contribution in [2.45, 2.75) is 59.7 Å². The number of hydrogen-bond acceptors (Lipinski definition) is 1. The first kappa shape index (κ1) is 15.4. The van der Waals surface area contributed by atoms with Crippen LogP contribution in [0.5, 0.6) is 0 Å². The van der Waals surface area contributed by atoms with E-state index in [1.807, 2.05) is 0 Å². The molecule has 0 spiro atoms. The van der Waals surface area contributed by atoms with E-state index in [1.54, 1.807) is 0 Å². The maximum atomic E-state index is 13.0. The third-order valence-corrected chi connectivity index (χ3v) is 5.95. The van der Waals surface area contributed by atoms with E-state index in [2.05, 4.69) is 57.8 Å². The van der Waals surface area contributed by atoms with Crippen LogP contribution in [0.3, 0.4) is 0 Å². The van der Waals surface area contributed by atoms with Crippen LogP contribution in [-0.4, -0.2) is 13.9 Å². The number of carbonyl (C=O) groups is 1. The Morgan fingerprint density at radius 3 is 2.35 bits per heavy atom. The van der Waals surface area contributed by atoms with Crippen LogP contribution in [-0.2, 0) is 4.79 Å². The number of hydrogen-bond donors (Lipinski definition) is 0. The molecule has 3 atom stereocenters. The Hall–Kier alpha value is -0.993. The molecule has 0 aromatic rings. The van der Waals surface area contributed by atoms with Crippen LogP contribution in [0.15, 0.2) is 0 Å². The average Bonchev–Trinajstić information content (AvgIpc) is 2.30. The van der Waals surface area contributed by atoms with E-state index in [9.17, 15) is 4.79 Å². The maximum Gasteiger partial charge on any atom is 0.156 e. The molecule has 0 amide bonds. The van der Waals surface area contributed by atoms with Gasteiger partial charge < -0.3 is 0 Å². The lowest BCUT2D eigenvalue weighted by Gasteiger charge is -2.61. The molecule has 0 N–H and O–H groups in total. The number of rotatable bonds is 0. The summed E-state index contributed by atoms with van der Waals surface area (Å²) in [5, 5.41) is 0. The van der Waals surface area contributed by atoms with Crippen LogP contribution >= 0.6 is 0 Å². The van der Waals surface area contributed by atoms with Crippen molar-refractivity contribution in [2.75, 3.05) is 0 Å². The summed E-state index contributed by atoms with van der Waals surface area (Å²) in [6.07, 6.45) is 8.44. The fraction of sp³-hybridized carbons (Fsp3) is 0.722. The highest BCUT2D eigenvalue weighted by Crippen LogP contribution is 2.66. The van der Waals surface area contributed by atoms with Crippen molar-refractivity contribution in [1.29, 1.82) is 0 Å². The SMILES string of the molecule is C#CC1(C)CC2(C#C[Si](C)(C)C)C(=O)C(C)(C)CCC12. The second kappa shape index (κ2) is 4.25. The highest BCUT2D eigenvalue weighted by atomic mass is 28.3. The fourth-order valence-corrected chi connectivity index (χ4v) is 4.50. The zero-order valence-electron chi connectivity index (χ0n) is 13.7. The van der Waals surface area contributed by atoms with Gasteiger partial charge in [0.2, 0.25) is 0 Å². The molecule has 20 heavy (non-hydrogen) atoms. The van der Waals surface area contributed by atoms with Crippen molar-refractivity contribution in [1.82, 2.24) is 0 Å². The monoisotopic (exact) mass is 286 g/mol. The zero-order chi connectivity index (χ0) is 15.4. The highest BCUT2D eigenvalue weighted by Gasteiger charge is 2.67. The van der Waals surface area contributed by atoms with Gasteiger partial charge in [0.15, 0.2) is 5.78 Å². The number of fused-ring (bicyclic) bond motifs is 1. The molecule has 0 radical (unpaired) electrons. The van der Waals surface area contributed by atoms with Crippen LogP contribution in [0.2, 0.25) is 19.6 Å². The number of terminal acetylenes is 1. The molecular weight excluding hydrogens is 260 g/mol. The summed E-state index contributed by atoms with van der Waals surface area (Å²) in [5.74, 6) is 6.96. The van der Waals surface area contributed by atoms with Crippen LogP contribution in [0.1, 0.15) is 40.0 Å². The molecule has 2 aliphatic carbocycles. The molecule has 3 unspecified atom stereocenters. The van der Waals surface area contributed by atoms with Crippen molar-refractivity contribution in [2.24, 2.45) is 22.2 Å². The third-order valence-electron chi connectivity index (χ3n) is 5.08. The van der Waals surface area contributed by atoms with Crippen molar-refractivity contribution in [3.8, 4) is 23.8 Å². The molecule has 0 aromatic heterocycles. The topological polar surface area (TPSA) is 17.1 Å². The van der Waals surface area contributed by atoms with E-state index >= 15 is 0 Å². The van der Waals surface area contributed by atoms with E-state index in [0.29, 0.717) is 5.78 Å². The molecule has 1 nitrogen and oxygen atoms in total. The summed E-state index contributed by atoms with van der Waals surface area (Å²) < 4.78 is 0. The molecule has 0 aromatic carbocycles. The largest absolute Gasteiger partial charge is 0.297 e. The molecule has 0 heterocycles. The molecule has 2 fully saturated rings. The molecule has 0 bridgehead atoms. The Morgan fingerprint density at radius 1 is 1.25 bits per heavy atom. The minimum absolute atomic E-state index is 0.139. The summed E-state index contributed by atoms with van der Waals surface area (Å²) in [6, 6.07) is 0. The van der Waals surface area contributed by atoms with Gasteiger partial charge in [0.1, 0.15) is 8.07 Å². The molecule has 0 aliphatic heterocycles. The lowest BCUT2D eigenvalue weighted by atomic mass is 9.39. The van der Waals surface area contributed by atoms with E-state index < -0.39 is 13.5 Å². The average molecular weight is 286 g/mol. The second-order valence-corrected chi connectivity index (χ2v) is 13.3. The van der Waals surface area contributed by atoms with Gasteiger partial charge in [0, 0.05) is 10.8 Å². The normalized spacial score (nSPS) is 38.9. The summed E-state index contributed by atoms with van der Waals surface area (Å²) in [6.45, 7) is 12.9. The summed E-state index contributed by atoms with van der Waals surface area (Å²) >= 11 is 0. The fourth-order valence-electron chi connectivity index (χ4n) is 3.90. The minimum Gasteiger partial charge on any atom is -0.297 e. The van der Waals surface area contributed by atoms with Crippen molar-refractivity contribution < 1.29 is 4.79 Å². The molecule has 2 saturated carbocycles. The van der Waals surface area contributed by atoms with Gasteiger partial charge in [-0.05, 0) is 32.1 Å². The van der Waals surface area contributed by atoms with Crippen molar-refractivity contribution in [3.05, 3.63) is 0 Å². The number of carbonyl (C=O) groups excluding carboxylic acids is 1. The van der Waals surface area contributed by atoms with Crippen LogP contribution < -0.4 is 0 Å². The van der Waals surface area contributed by atoms with E-state index in [4.69, 9.17) is 6.42 Å². The van der Waals surface area contributed by atoms with Crippen LogP contribution in [0.25, 0.3) is 0 Å². The summed E-state index contributed by atoms with van der Waals surface area (Å²) in [5.41, 5.74) is 2.60. The minimum atomic E-state index is -1.48. The Bertz CT molecular complexity index is 549. The lowest BCUT2D eigenvalue weighted by Crippen LogP contribution is -2.63. The summed E-state index contributed by atoms with van der Waals surface area (Å²) in [7, 11) is -1.48. The Labute approximate surface area is 124 Å². The predicted octanol–water partition coefficient (Wildman–Crippen LogP) is 3.90. The lowest BCUT2D eigenvalue weighted by molar-refractivity contribution is -0.162. The highest BCUT2D eigenvalue weighted by molar-refractivity contribution is 6.83. The first-order valence-electron chi connectivity index (χ1n) is 7.54. The molecular formula is C18H26OSi. The molecule has 2 rings (SSSR count). The number of ketones is 1. The number of Topliss-reactive ketones (excluding diaryl/α,β-unsaturated/α-hetero) is 1. The predicted molar refractivity (Wildman–Crippen MR) is 86.6 cm³/mol. The van der Waals surface area contributed by atoms with Crippen molar-refractivity contribution >= 4 is 13.9 Å². The van der Waals surface area contributed by atoms with Gasteiger partial charge in [0.05, 0.1) is 5.41 Å². The first-order valence-corrected chi connectivity index (χ1v) is 11.0. The maximum absolute atomic E-state index is 13.0. The van der Waals surface area contributed by atoms with Gasteiger partial charge in [-0.25, -0.2) is 0 Å². The van der Waals surface area contributed by atoms with E-state index in [-0.39, 0.29) is 16.7 Å². The smallest absolute Gasteiger partial charge is 0.156 e. The standard InChI is InChI=1S/C18H26OSi/c1-8-17(4)13-18(11-12-20(5,6)7)14(17)9-10-16(2,3)15(18)19/h1,14H,9-10,13H2,2-7H3. The summed E-state index contributed by atoms with van der Waals surface area (Å²) in [4.78, 5) is 13.0. The van der Waals surface area contributed by atoms with Gasteiger partial charge >= 0.3 is 0 Å².